The number of hydrogen-bond donors (Lipinski definition) is 2. The van der Waals surface area contributed by atoms with E-state index in [1.54, 1.807) is 31.2 Å². The van der Waals surface area contributed by atoms with Crippen molar-refractivity contribution >= 4 is 22.3 Å². The van der Waals surface area contributed by atoms with E-state index in [2.05, 4.69) is 0 Å². The maximum Gasteiger partial charge on any atom is 0.198 e. The topological polar surface area (TPSA) is 83.8 Å². The first kappa shape index (κ1) is 16.1. The molecule has 3 aromatic carbocycles. The van der Waals surface area contributed by atoms with Crippen LogP contribution in [-0.4, -0.2) is 28.9 Å². The van der Waals surface area contributed by atoms with Crippen LogP contribution in [0.5, 0.6) is 17.2 Å². The molecule has 4 rings (SSSR count). The Hall–Kier alpha value is -3.34. The molecule has 130 valence electrons. The number of phenolic OH excluding ortho intramolecular Hbond substituents is 2. The molecule has 1 aliphatic rings. The Kier molecular flexibility index (Phi) is 3.31. The number of ether oxygens (including phenoxy) is 1. The maximum atomic E-state index is 13.0. The minimum absolute atomic E-state index is 0.0292. The van der Waals surface area contributed by atoms with Crippen LogP contribution in [0.3, 0.4) is 0 Å². The largest absolute Gasteiger partial charge is 0.507 e. The predicted molar refractivity (Wildman–Crippen MR) is 96.6 cm³/mol. The SMILES string of the molecule is COc1c(C)ccc2c(O)c3c(cc12)C(=O)c1c(O)cc(C)cc1C3=O. The monoisotopic (exact) mass is 348 g/mol. The van der Waals surface area contributed by atoms with Gasteiger partial charge in [-0.25, -0.2) is 0 Å². The van der Waals surface area contributed by atoms with Crippen molar-refractivity contribution in [3.05, 3.63) is 63.7 Å². The summed E-state index contributed by atoms with van der Waals surface area (Å²) in [7, 11) is 1.51. The Labute approximate surface area is 149 Å². The van der Waals surface area contributed by atoms with Crippen molar-refractivity contribution in [2.24, 2.45) is 0 Å². The Bertz CT molecular complexity index is 1140. The third-order valence-electron chi connectivity index (χ3n) is 4.85. The average Bonchev–Trinajstić information content (AvgIpc) is 2.58. The fourth-order valence-electron chi connectivity index (χ4n) is 3.67. The van der Waals surface area contributed by atoms with Crippen molar-refractivity contribution in [2.45, 2.75) is 13.8 Å². The van der Waals surface area contributed by atoms with Gasteiger partial charge in [-0.05, 0) is 43.2 Å². The van der Waals surface area contributed by atoms with E-state index in [-0.39, 0.29) is 33.8 Å². The number of methoxy groups -OCH3 is 1. The summed E-state index contributed by atoms with van der Waals surface area (Å²) in [6, 6.07) is 8.03. The molecular weight excluding hydrogens is 332 g/mol. The van der Waals surface area contributed by atoms with Crippen molar-refractivity contribution in [3.8, 4) is 17.2 Å². The summed E-state index contributed by atoms with van der Waals surface area (Å²) in [5.74, 6) is -0.930. The molecule has 0 bridgehead atoms. The predicted octanol–water partition coefficient (Wildman–Crippen LogP) is 3.65. The van der Waals surface area contributed by atoms with E-state index in [0.29, 0.717) is 22.1 Å². The van der Waals surface area contributed by atoms with Gasteiger partial charge in [-0.2, -0.15) is 0 Å². The Morgan fingerprint density at radius 2 is 1.50 bits per heavy atom. The number of fused-ring (bicyclic) bond motifs is 3. The van der Waals surface area contributed by atoms with Crippen molar-refractivity contribution in [1.82, 2.24) is 0 Å². The van der Waals surface area contributed by atoms with Crippen LogP contribution in [-0.2, 0) is 0 Å². The number of hydrogen-bond acceptors (Lipinski definition) is 5. The molecule has 26 heavy (non-hydrogen) atoms. The highest BCUT2D eigenvalue weighted by Gasteiger charge is 2.35. The number of carbonyl (C=O) groups is 2. The average molecular weight is 348 g/mol. The summed E-state index contributed by atoms with van der Waals surface area (Å²) in [5, 5.41) is 22.0. The third kappa shape index (κ3) is 1.97. The smallest absolute Gasteiger partial charge is 0.198 e. The van der Waals surface area contributed by atoms with E-state index in [1.165, 1.54) is 13.2 Å². The van der Waals surface area contributed by atoms with E-state index in [0.717, 1.165) is 5.56 Å². The second-order valence-corrected chi connectivity index (χ2v) is 6.52. The van der Waals surface area contributed by atoms with E-state index < -0.39 is 11.6 Å². The van der Waals surface area contributed by atoms with Crippen LogP contribution in [0.1, 0.15) is 43.0 Å². The van der Waals surface area contributed by atoms with Gasteiger partial charge in [0, 0.05) is 21.9 Å². The molecule has 3 aromatic rings. The fourth-order valence-corrected chi connectivity index (χ4v) is 3.67. The molecule has 0 amide bonds. The first-order chi connectivity index (χ1) is 12.3. The zero-order valence-corrected chi connectivity index (χ0v) is 14.5. The van der Waals surface area contributed by atoms with E-state index in [9.17, 15) is 19.8 Å². The summed E-state index contributed by atoms with van der Waals surface area (Å²) < 4.78 is 5.42. The fraction of sp³-hybridized carbons (Fsp3) is 0.143. The van der Waals surface area contributed by atoms with Gasteiger partial charge in [-0.1, -0.05) is 12.1 Å². The lowest BCUT2D eigenvalue weighted by atomic mass is 9.81. The van der Waals surface area contributed by atoms with Crippen molar-refractivity contribution in [2.75, 3.05) is 7.11 Å². The molecule has 0 fully saturated rings. The highest BCUT2D eigenvalue weighted by atomic mass is 16.5. The summed E-state index contributed by atoms with van der Waals surface area (Å²) >= 11 is 0. The normalized spacial score (nSPS) is 12.9. The van der Waals surface area contributed by atoms with Crippen LogP contribution >= 0.6 is 0 Å². The van der Waals surface area contributed by atoms with Gasteiger partial charge >= 0.3 is 0 Å². The van der Waals surface area contributed by atoms with Crippen LogP contribution in [0.15, 0.2) is 30.3 Å². The van der Waals surface area contributed by atoms with Gasteiger partial charge in [0.15, 0.2) is 11.6 Å². The van der Waals surface area contributed by atoms with Crippen LogP contribution in [0.4, 0.5) is 0 Å². The van der Waals surface area contributed by atoms with Crippen LogP contribution in [0.2, 0.25) is 0 Å². The highest BCUT2D eigenvalue weighted by Crippen LogP contribution is 2.43. The molecule has 0 saturated carbocycles. The quantitative estimate of drug-likeness (QED) is 0.548. The molecule has 0 spiro atoms. The van der Waals surface area contributed by atoms with Gasteiger partial charge in [-0.15, -0.1) is 0 Å². The second-order valence-electron chi connectivity index (χ2n) is 6.52. The van der Waals surface area contributed by atoms with Crippen molar-refractivity contribution < 1.29 is 24.5 Å². The van der Waals surface area contributed by atoms with Gasteiger partial charge in [0.25, 0.3) is 0 Å². The molecule has 0 radical (unpaired) electrons. The van der Waals surface area contributed by atoms with Crippen LogP contribution in [0, 0.1) is 13.8 Å². The molecule has 5 heteroatoms. The molecule has 1 aliphatic carbocycles. The lowest BCUT2D eigenvalue weighted by Crippen LogP contribution is -2.21. The van der Waals surface area contributed by atoms with E-state index in [1.807, 2.05) is 6.92 Å². The number of aryl methyl sites for hydroxylation is 2. The Balaban J connectivity index is 2.13. The summed E-state index contributed by atoms with van der Waals surface area (Å²) in [5.41, 5.74) is 1.60. The van der Waals surface area contributed by atoms with Crippen LogP contribution in [0.25, 0.3) is 10.8 Å². The van der Waals surface area contributed by atoms with Gasteiger partial charge in [0.05, 0.1) is 18.2 Å². The highest BCUT2D eigenvalue weighted by molar-refractivity contribution is 6.32. The van der Waals surface area contributed by atoms with Crippen LogP contribution < -0.4 is 4.74 Å². The Morgan fingerprint density at radius 1 is 0.846 bits per heavy atom. The molecule has 0 heterocycles. The van der Waals surface area contributed by atoms with E-state index >= 15 is 0 Å². The number of benzene rings is 3. The van der Waals surface area contributed by atoms with Gasteiger partial charge < -0.3 is 14.9 Å². The third-order valence-corrected chi connectivity index (χ3v) is 4.85. The van der Waals surface area contributed by atoms with Gasteiger partial charge in [-0.3, -0.25) is 9.59 Å². The summed E-state index contributed by atoms with van der Waals surface area (Å²) in [4.78, 5) is 26.0. The molecule has 5 nitrogen and oxygen atoms in total. The molecule has 0 saturated heterocycles. The number of rotatable bonds is 1. The zero-order chi connectivity index (χ0) is 18.7. The number of aromatic hydroxyl groups is 2. The lowest BCUT2D eigenvalue weighted by molar-refractivity contribution is 0.0974. The summed E-state index contributed by atoms with van der Waals surface area (Å²) in [6.07, 6.45) is 0. The number of ketones is 2. The molecule has 0 atom stereocenters. The second kappa shape index (κ2) is 5.33. The molecule has 2 N–H and O–H groups in total. The lowest BCUT2D eigenvalue weighted by Gasteiger charge is -2.21. The first-order valence-corrected chi connectivity index (χ1v) is 8.11. The maximum absolute atomic E-state index is 13.0. The van der Waals surface area contributed by atoms with Crippen molar-refractivity contribution in [1.29, 1.82) is 0 Å². The van der Waals surface area contributed by atoms with Gasteiger partial charge in [0.2, 0.25) is 0 Å². The summed E-state index contributed by atoms with van der Waals surface area (Å²) in [6.45, 7) is 3.58. The molecule has 0 aliphatic heterocycles. The Morgan fingerprint density at radius 3 is 2.19 bits per heavy atom. The zero-order valence-electron chi connectivity index (χ0n) is 14.5. The number of phenols is 2. The minimum atomic E-state index is -0.493. The van der Waals surface area contributed by atoms with Crippen molar-refractivity contribution in [3.63, 3.8) is 0 Å². The van der Waals surface area contributed by atoms with Gasteiger partial charge in [0.1, 0.15) is 17.2 Å². The molecule has 0 aromatic heterocycles. The molecular formula is C21H16O5. The minimum Gasteiger partial charge on any atom is -0.507 e. The first-order valence-electron chi connectivity index (χ1n) is 8.11. The van der Waals surface area contributed by atoms with E-state index in [4.69, 9.17) is 4.74 Å². The molecule has 0 unspecified atom stereocenters. The standard InChI is InChI=1S/C21H16O5/c1-9-6-13-16(15(22)7-9)19(24)14-8-12-11(18(23)17(14)20(13)25)5-4-10(2)21(12)26-3/h4-8,22-23H,1-3H3. The number of carbonyl (C=O) groups excluding carboxylic acids is 2.